The SMILES string of the molecule is O=C1C[C@H](c2cccs2)c2cnn(-c3ccc(F)cc3)c2N1. The molecule has 1 aliphatic rings. The van der Waals surface area contributed by atoms with Crippen LogP contribution in [0.5, 0.6) is 0 Å². The van der Waals surface area contributed by atoms with Crippen LogP contribution in [0, 0.1) is 5.82 Å². The van der Waals surface area contributed by atoms with Crippen molar-refractivity contribution in [2.45, 2.75) is 12.3 Å². The van der Waals surface area contributed by atoms with Crippen LogP contribution in [0.1, 0.15) is 22.8 Å². The molecule has 0 saturated carbocycles. The zero-order valence-corrected chi connectivity index (χ0v) is 12.3. The van der Waals surface area contributed by atoms with E-state index < -0.39 is 0 Å². The van der Waals surface area contributed by atoms with E-state index in [9.17, 15) is 9.18 Å². The minimum atomic E-state index is -0.301. The van der Waals surface area contributed by atoms with Crippen molar-refractivity contribution >= 4 is 23.1 Å². The fourth-order valence-corrected chi connectivity index (χ4v) is 3.59. The van der Waals surface area contributed by atoms with E-state index in [1.165, 1.54) is 12.1 Å². The van der Waals surface area contributed by atoms with E-state index in [2.05, 4.69) is 10.4 Å². The van der Waals surface area contributed by atoms with E-state index in [0.29, 0.717) is 12.2 Å². The predicted molar refractivity (Wildman–Crippen MR) is 82.9 cm³/mol. The molecule has 3 aromatic rings. The number of rotatable bonds is 2. The number of carbonyl (C=O) groups excluding carboxylic acids is 1. The van der Waals surface area contributed by atoms with Crippen molar-refractivity contribution in [1.29, 1.82) is 0 Å². The van der Waals surface area contributed by atoms with Crippen LogP contribution >= 0.6 is 11.3 Å². The Morgan fingerprint density at radius 1 is 1.27 bits per heavy atom. The zero-order valence-electron chi connectivity index (χ0n) is 11.5. The van der Waals surface area contributed by atoms with Crippen LogP contribution in [0.15, 0.2) is 48.0 Å². The second kappa shape index (κ2) is 5.06. The first-order valence-corrected chi connectivity index (χ1v) is 7.77. The molecule has 1 aliphatic heterocycles. The van der Waals surface area contributed by atoms with Crippen LogP contribution in [-0.2, 0) is 4.79 Å². The van der Waals surface area contributed by atoms with E-state index in [4.69, 9.17) is 0 Å². The largest absolute Gasteiger partial charge is 0.310 e. The highest BCUT2D eigenvalue weighted by molar-refractivity contribution is 7.10. The molecule has 22 heavy (non-hydrogen) atoms. The third-order valence-electron chi connectivity index (χ3n) is 3.78. The van der Waals surface area contributed by atoms with Crippen molar-refractivity contribution in [2.24, 2.45) is 0 Å². The first-order valence-electron chi connectivity index (χ1n) is 6.89. The zero-order chi connectivity index (χ0) is 15.1. The molecule has 1 N–H and O–H groups in total. The van der Waals surface area contributed by atoms with Gasteiger partial charge < -0.3 is 5.32 Å². The van der Waals surface area contributed by atoms with E-state index in [-0.39, 0.29) is 17.6 Å². The molecule has 0 aliphatic carbocycles. The van der Waals surface area contributed by atoms with E-state index in [0.717, 1.165) is 16.1 Å². The van der Waals surface area contributed by atoms with Gasteiger partial charge in [-0.1, -0.05) is 6.07 Å². The summed E-state index contributed by atoms with van der Waals surface area (Å²) in [5, 5.41) is 9.27. The molecule has 1 atom stereocenters. The normalized spacial score (nSPS) is 17.1. The van der Waals surface area contributed by atoms with Crippen LogP contribution in [0.3, 0.4) is 0 Å². The number of nitrogens with one attached hydrogen (secondary N) is 1. The van der Waals surface area contributed by atoms with Gasteiger partial charge >= 0.3 is 0 Å². The smallest absolute Gasteiger partial charge is 0.226 e. The van der Waals surface area contributed by atoms with Gasteiger partial charge in [-0.2, -0.15) is 5.10 Å². The van der Waals surface area contributed by atoms with Gasteiger partial charge in [-0.25, -0.2) is 9.07 Å². The molecule has 1 aromatic carbocycles. The fourth-order valence-electron chi connectivity index (χ4n) is 2.74. The maximum absolute atomic E-state index is 13.1. The topological polar surface area (TPSA) is 46.9 Å². The summed E-state index contributed by atoms with van der Waals surface area (Å²) in [4.78, 5) is 13.2. The van der Waals surface area contributed by atoms with Crippen molar-refractivity contribution in [3.05, 3.63) is 64.2 Å². The number of halogens is 1. The van der Waals surface area contributed by atoms with Crippen molar-refractivity contribution in [1.82, 2.24) is 9.78 Å². The third-order valence-corrected chi connectivity index (χ3v) is 4.76. The highest BCUT2D eigenvalue weighted by Gasteiger charge is 2.30. The summed E-state index contributed by atoms with van der Waals surface area (Å²) in [6, 6.07) is 10.1. The molecule has 3 heterocycles. The first-order chi connectivity index (χ1) is 10.7. The minimum absolute atomic E-state index is 0.0259. The second-order valence-electron chi connectivity index (χ2n) is 5.16. The molecule has 4 nitrogen and oxygen atoms in total. The van der Waals surface area contributed by atoms with Crippen LogP contribution < -0.4 is 5.32 Å². The highest BCUT2D eigenvalue weighted by Crippen LogP contribution is 2.39. The fraction of sp³-hybridized carbons (Fsp3) is 0.125. The Morgan fingerprint density at radius 2 is 2.09 bits per heavy atom. The Bertz CT molecular complexity index is 824. The quantitative estimate of drug-likeness (QED) is 0.786. The maximum atomic E-state index is 13.1. The Hall–Kier alpha value is -2.47. The number of amides is 1. The number of benzene rings is 1. The van der Waals surface area contributed by atoms with Crippen LogP contribution in [-0.4, -0.2) is 15.7 Å². The summed E-state index contributed by atoms with van der Waals surface area (Å²) in [5.74, 6) is 0.360. The molecule has 0 radical (unpaired) electrons. The monoisotopic (exact) mass is 313 g/mol. The van der Waals surface area contributed by atoms with Gasteiger partial charge in [0, 0.05) is 22.8 Å². The summed E-state index contributed by atoms with van der Waals surface area (Å²) in [7, 11) is 0. The Labute approximate surface area is 130 Å². The Morgan fingerprint density at radius 3 is 2.82 bits per heavy atom. The summed E-state index contributed by atoms with van der Waals surface area (Å²) in [5.41, 5.74) is 1.71. The summed E-state index contributed by atoms with van der Waals surface area (Å²) in [6.45, 7) is 0. The second-order valence-corrected chi connectivity index (χ2v) is 6.14. The number of fused-ring (bicyclic) bond motifs is 1. The molecule has 4 rings (SSSR count). The Kier molecular flexibility index (Phi) is 3.04. The van der Waals surface area contributed by atoms with Gasteiger partial charge in [0.2, 0.25) is 5.91 Å². The van der Waals surface area contributed by atoms with Crippen LogP contribution in [0.2, 0.25) is 0 Å². The summed E-state index contributed by atoms with van der Waals surface area (Å²) < 4.78 is 14.7. The molecule has 0 unspecified atom stereocenters. The van der Waals surface area contributed by atoms with Crippen molar-refractivity contribution in [3.8, 4) is 5.69 Å². The van der Waals surface area contributed by atoms with Crippen molar-refractivity contribution < 1.29 is 9.18 Å². The average Bonchev–Trinajstić information content (AvgIpc) is 3.16. The highest BCUT2D eigenvalue weighted by atomic mass is 32.1. The van der Waals surface area contributed by atoms with Gasteiger partial charge in [0.25, 0.3) is 0 Å². The lowest BCUT2D eigenvalue weighted by Gasteiger charge is -2.22. The number of nitrogens with zero attached hydrogens (tertiary/aromatic N) is 2. The number of hydrogen-bond donors (Lipinski definition) is 1. The summed E-state index contributed by atoms with van der Waals surface area (Å²) >= 11 is 1.64. The van der Waals surface area contributed by atoms with Gasteiger partial charge in [0.15, 0.2) is 0 Å². The molecule has 0 saturated heterocycles. The van der Waals surface area contributed by atoms with Gasteiger partial charge in [-0.15, -0.1) is 11.3 Å². The molecule has 0 spiro atoms. The lowest BCUT2D eigenvalue weighted by atomic mass is 9.93. The number of carbonyl (C=O) groups is 1. The lowest BCUT2D eigenvalue weighted by molar-refractivity contribution is -0.116. The number of thiophene rings is 1. The molecule has 0 fully saturated rings. The molecule has 0 bridgehead atoms. The predicted octanol–water partition coefficient (Wildman–Crippen LogP) is 3.55. The van der Waals surface area contributed by atoms with Crippen LogP contribution in [0.25, 0.3) is 5.69 Å². The third kappa shape index (κ3) is 2.12. The van der Waals surface area contributed by atoms with Gasteiger partial charge in [0.1, 0.15) is 11.6 Å². The summed E-state index contributed by atoms with van der Waals surface area (Å²) in [6.07, 6.45) is 2.20. The molecule has 6 heteroatoms. The minimum Gasteiger partial charge on any atom is -0.310 e. The maximum Gasteiger partial charge on any atom is 0.226 e. The average molecular weight is 313 g/mol. The van der Waals surface area contributed by atoms with E-state index >= 15 is 0 Å². The van der Waals surface area contributed by atoms with Crippen LogP contribution in [0.4, 0.5) is 10.2 Å². The van der Waals surface area contributed by atoms with E-state index in [1.54, 1.807) is 34.3 Å². The molecule has 1 amide bonds. The van der Waals surface area contributed by atoms with Gasteiger partial charge in [-0.05, 0) is 35.7 Å². The first kappa shape index (κ1) is 13.2. The molecule has 2 aromatic heterocycles. The lowest BCUT2D eigenvalue weighted by Crippen LogP contribution is -2.24. The Balaban J connectivity index is 1.82. The van der Waals surface area contributed by atoms with Gasteiger partial charge in [0.05, 0.1) is 11.9 Å². The number of anilines is 1. The molecular weight excluding hydrogens is 301 g/mol. The molecule has 110 valence electrons. The van der Waals surface area contributed by atoms with E-state index in [1.807, 2.05) is 17.5 Å². The number of aromatic nitrogens is 2. The van der Waals surface area contributed by atoms with Crippen molar-refractivity contribution in [2.75, 3.05) is 5.32 Å². The molecular formula is C16H12FN3OS. The van der Waals surface area contributed by atoms with Crippen molar-refractivity contribution in [3.63, 3.8) is 0 Å². The standard InChI is InChI=1S/C16H12FN3OS/c17-10-3-5-11(6-4-10)20-16-13(9-18-20)12(8-15(21)19-16)14-2-1-7-22-14/h1-7,9,12H,8H2,(H,19,21)/t12-/m0/s1. The number of hydrogen-bond acceptors (Lipinski definition) is 3. The van der Waals surface area contributed by atoms with Gasteiger partial charge in [-0.3, -0.25) is 4.79 Å².